The second-order valence-corrected chi connectivity index (χ2v) is 9.99. The molecule has 0 atom stereocenters. The maximum absolute atomic E-state index is 12.6. The quantitative estimate of drug-likeness (QED) is 0.318. The molecular weight excluding hydrogens is 494 g/mol. The van der Waals surface area contributed by atoms with Gasteiger partial charge in [-0.3, -0.25) is 4.79 Å². The Morgan fingerprint density at radius 1 is 1.12 bits per heavy atom. The van der Waals surface area contributed by atoms with E-state index < -0.39 is 0 Å². The van der Waals surface area contributed by atoms with Crippen molar-refractivity contribution in [1.82, 2.24) is 9.88 Å². The van der Waals surface area contributed by atoms with Crippen LogP contribution in [0.4, 0.5) is 5.69 Å². The topological polar surface area (TPSA) is 36.4 Å². The zero-order valence-corrected chi connectivity index (χ0v) is 21.6. The summed E-state index contributed by atoms with van der Waals surface area (Å²) in [7, 11) is 0. The van der Waals surface area contributed by atoms with Gasteiger partial charge < -0.3 is 9.80 Å². The summed E-state index contributed by atoms with van der Waals surface area (Å²) in [5.41, 5.74) is 4.49. The van der Waals surface area contributed by atoms with Crippen LogP contribution in [0.25, 0.3) is 17.3 Å². The monoisotopic (exact) mass is 523 g/mol. The van der Waals surface area contributed by atoms with Crippen molar-refractivity contribution in [3.05, 3.63) is 75.0 Å². The Hall–Kier alpha value is -2.44. The molecule has 0 radical (unpaired) electrons. The van der Waals surface area contributed by atoms with Crippen molar-refractivity contribution >= 4 is 44.9 Å². The lowest BCUT2D eigenvalue weighted by atomic mass is 9.97. The highest BCUT2D eigenvalue weighted by atomic mass is 79.9. The molecule has 1 aromatic heterocycles. The standard InChI is InChI=1S/C27H30BrN3OS/c1-3-30(4-2)23-12-9-21(10-13-23)25-19-33-27(29-25)22-15-17-31(18-16-22)26(32)14-11-20-7-5-6-8-24(20)28/h5-14,19,22H,3-4,15-18H2,1-2H3/b14-11+. The van der Waals surface area contributed by atoms with E-state index in [0.717, 1.165) is 54.8 Å². The summed E-state index contributed by atoms with van der Waals surface area (Å²) in [6, 6.07) is 16.6. The fourth-order valence-electron chi connectivity index (χ4n) is 4.26. The van der Waals surface area contributed by atoms with Gasteiger partial charge in [0, 0.05) is 59.3 Å². The summed E-state index contributed by atoms with van der Waals surface area (Å²) in [4.78, 5) is 21.9. The van der Waals surface area contributed by atoms with Gasteiger partial charge in [0.2, 0.25) is 5.91 Å². The number of piperidine rings is 1. The molecular formula is C27H30BrN3OS. The molecule has 4 nitrogen and oxygen atoms in total. The number of benzene rings is 2. The van der Waals surface area contributed by atoms with E-state index in [1.807, 2.05) is 35.2 Å². The van der Waals surface area contributed by atoms with E-state index >= 15 is 0 Å². The van der Waals surface area contributed by atoms with E-state index in [4.69, 9.17) is 4.98 Å². The van der Waals surface area contributed by atoms with Crippen molar-refractivity contribution in [2.45, 2.75) is 32.6 Å². The highest BCUT2D eigenvalue weighted by molar-refractivity contribution is 9.10. The van der Waals surface area contributed by atoms with Gasteiger partial charge in [-0.15, -0.1) is 11.3 Å². The minimum Gasteiger partial charge on any atom is -0.372 e. The van der Waals surface area contributed by atoms with E-state index in [2.05, 4.69) is 64.3 Å². The van der Waals surface area contributed by atoms with Crippen molar-refractivity contribution in [2.75, 3.05) is 31.1 Å². The number of carbonyl (C=O) groups excluding carboxylic acids is 1. The maximum atomic E-state index is 12.6. The molecule has 4 rings (SSSR count). The molecule has 0 spiro atoms. The van der Waals surface area contributed by atoms with Crippen LogP contribution in [0, 0.1) is 0 Å². The number of nitrogens with zero attached hydrogens (tertiary/aromatic N) is 3. The summed E-state index contributed by atoms with van der Waals surface area (Å²) in [5, 5.41) is 3.35. The Labute approximate surface area is 209 Å². The first kappa shape index (κ1) is 23.7. The van der Waals surface area contributed by atoms with Crippen molar-refractivity contribution in [2.24, 2.45) is 0 Å². The van der Waals surface area contributed by atoms with Crippen LogP contribution in [-0.4, -0.2) is 42.0 Å². The molecule has 1 aliphatic heterocycles. The lowest BCUT2D eigenvalue weighted by Gasteiger charge is -2.30. The molecule has 172 valence electrons. The molecule has 6 heteroatoms. The number of hydrogen-bond acceptors (Lipinski definition) is 4. The average Bonchev–Trinajstić information content (AvgIpc) is 3.35. The number of likely N-dealkylation sites (tertiary alicyclic amines) is 1. The van der Waals surface area contributed by atoms with Crippen LogP contribution in [0.1, 0.15) is 43.2 Å². The van der Waals surface area contributed by atoms with Gasteiger partial charge in [-0.2, -0.15) is 0 Å². The maximum Gasteiger partial charge on any atom is 0.246 e. The number of aromatic nitrogens is 1. The molecule has 2 heterocycles. The van der Waals surface area contributed by atoms with Gasteiger partial charge in [0.05, 0.1) is 10.7 Å². The van der Waals surface area contributed by atoms with Gasteiger partial charge in [0.1, 0.15) is 0 Å². The molecule has 33 heavy (non-hydrogen) atoms. The number of amides is 1. The fourth-order valence-corrected chi connectivity index (χ4v) is 5.68. The summed E-state index contributed by atoms with van der Waals surface area (Å²) in [6.07, 6.45) is 5.49. The molecule has 3 aromatic rings. The lowest BCUT2D eigenvalue weighted by molar-refractivity contribution is -0.126. The predicted molar refractivity (Wildman–Crippen MR) is 143 cm³/mol. The fraction of sp³-hybridized carbons (Fsp3) is 0.333. The van der Waals surface area contributed by atoms with Gasteiger partial charge in [0.25, 0.3) is 0 Å². The van der Waals surface area contributed by atoms with E-state index in [9.17, 15) is 4.79 Å². The van der Waals surface area contributed by atoms with Crippen molar-refractivity contribution in [3.63, 3.8) is 0 Å². The van der Waals surface area contributed by atoms with Crippen LogP contribution in [-0.2, 0) is 4.79 Å². The van der Waals surface area contributed by atoms with Crippen molar-refractivity contribution in [1.29, 1.82) is 0 Å². The first-order valence-electron chi connectivity index (χ1n) is 11.6. The Morgan fingerprint density at radius 3 is 2.48 bits per heavy atom. The Bertz CT molecular complexity index is 1100. The first-order chi connectivity index (χ1) is 16.1. The van der Waals surface area contributed by atoms with E-state index in [0.29, 0.717) is 5.92 Å². The van der Waals surface area contributed by atoms with Crippen LogP contribution in [0.2, 0.25) is 0 Å². The summed E-state index contributed by atoms with van der Waals surface area (Å²) >= 11 is 5.27. The number of thiazole rings is 1. The van der Waals surface area contributed by atoms with E-state index in [-0.39, 0.29) is 5.91 Å². The second kappa shape index (κ2) is 11.1. The van der Waals surface area contributed by atoms with E-state index in [1.165, 1.54) is 16.3 Å². The van der Waals surface area contributed by atoms with Crippen LogP contribution >= 0.6 is 27.3 Å². The van der Waals surface area contributed by atoms with Crippen LogP contribution in [0.3, 0.4) is 0 Å². The summed E-state index contributed by atoms with van der Waals surface area (Å²) in [6.45, 7) is 7.94. The minimum atomic E-state index is 0.0809. The molecule has 0 N–H and O–H groups in total. The number of carbonyl (C=O) groups is 1. The normalized spacial score (nSPS) is 14.7. The molecule has 0 aliphatic carbocycles. The molecule has 0 bridgehead atoms. The van der Waals surface area contributed by atoms with Gasteiger partial charge in [-0.1, -0.05) is 46.3 Å². The zero-order valence-electron chi connectivity index (χ0n) is 19.2. The number of anilines is 1. The lowest BCUT2D eigenvalue weighted by Crippen LogP contribution is -2.36. The van der Waals surface area contributed by atoms with Gasteiger partial charge >= 0.3 is 0 Å². The van der Waals surface area contributed by atoms with Crippen LogP contribution in [0.15, 0.2) is 64.5 Å². The minimum absolute atomic E-state index is 0.0809. The third-order valence-electron chi connectivity index (χ3n) is 6.28. The van der Waals surface area contributed by atoms with Crippen molar-refractivity contribution in [3.8, 4) is 11.3 Å². The number of hydrogen-bond donors (Lipinski definition) is 0. The van der Waals surface area contributed by atoms with E-state index in [1.54, 1.807) is 17.4 Å². The summed E-state index contributed by atoms with van der Waals surface area (Å²) in [5.74, 6) is 0.507. The molecule has 2 aromatic carbocycles. The second-order valence-electron chi connectivity index (χ2n) is 8.24. The molecule has 0 saturated carbocycles. The average molecular weight is 525 g/mol. The number of halogens is 1. The third-order valence-corrected chi connectivity index (χ3v) is 8.01. The van der Waals surface area contributed by atoms with Crippen LogP contribution in [0.5, 0.6) is 0 Å². The Morgan fingerprint density at radius 2 is 1.82 bits per heavy atom. The number of rotatable bonds is 7. The van der Waals surface area contributed by atoms with Gasteiger partial charge in [-0.25, -0.2) is 4.98 Å². The van der Waals surface area contributed by atoms with Crippen molar-refractivity contribution < 1.29 is 4.79 Å². The summed E-state index contributed by atoms with van der Waals surface area (Å²) < 4.78 is 0.995. The zero-order chi connectivity index (χ0) is 23.2. The largest absolute Gasteiger partial charge is 0.372 e. The Kier molecular flexibility index (Phi) is 7.99. The van der Waals surface area contributed by atoms with Crippen LogP contribution < -0.4 is 4.90 Å². The smallest absolute Gasteiger partial charge is 0.246 e. The molecule has 1 amide bonds. The highest BCUT2D eigenvalue weighted by Gasteiger charge is 2.25. The highest BCUT2D eigenvalue weighted by Crippen LogP contribution is 2.33. The predicted octanol–water partition coefficient (Wildman–Crippen LogP) is 6.84. The third kappa shape index (κ3) is 5.74. The first-order valence-corrected chi connectivity index (χ1v) is 13.3. The SMILES string of the molecule is CCN(CC)c1ccc(-c2csc(C3CCN(C(=O)/C=C/c4ccccc4Br)CC3)n2)cc1. The molecule has 1 fully saturated rings. The molecule has 1 saturated heterocycles. The molecule has 0 unspecified atom stereocenters. The molecule has 1 aliphatic rings. The van der Waals surface area contributed by atoms with Gasteiger partial charge in [-0.05, 0) is 56.5 Å². The Balaban J connectivity index is 1.34. The van der Waals surface area contributed by atoms with Gasteiger partial charge in [0.15, 0.2) is 0 Å².